The van der Waals surface area contributed by atoms with Crippen LogP contribution >= 0.6 is 11.3 Å². The molecular weight excluding hydrogens is 396 g/mol. The molecule has 0 radical (unpaired) electrons. The molecule has 2 aliphatic heterocycles. The molecule has 1 unspecified atom stereocenters. The minimum absolute atomic E-state index is 0.0359. The van der Waals surface area contributed by atoms with Crippen LogP contribution in [0.5, 0.6) is 0 Å². The second-order valence-corrected chi connectivity index (χ2v) is 9.14. The maximum Gasteiger partial charge on any atom is 0.273 e. The molecule has 7 heteroatoms. The van der Waals surface area contributed by atoms with Gasteiger partial charge in [-0.05, 0) is 37.2 Å². The molecule has 2 amide bonds. The first-order chi connectivity index (χ1) is 14.7. The molecule has 0 bridgehead atoms. The minimum atomic E-state index is 0.0359. The number of aromatic nitrogens is 1. The van der Waals surface area contributed by atoms with Gasteiger partial charge in [0.1, 0.15) is 5.69 Å². The van der Waals surface area contributed by atoms with Crippen LogP contribution in [0.1, 0.15) is 48.2 Å². The van der Waals surface area contributed by atoms with Gasteiger partial charge >= 0.3 is 0 Å². The van der Waals surface area contributed by atoms with Crippen molar-refractivity contribution in [2.45, 2.75) is 44.7 Å². The van der Waals surface area contributed by atoms with Crippen LogP contribution in [0, 0.1) is 5.92 Å². The second kappa shape index (κ2) is 10.2. The van der Waals surface area contributed by atoms with Crippen LogP contribution in [-0.4, -0.2) is 58.8 Å². The summed E-state index contributed by atoms with van der Waals surface area (Å²) >= 11 is 1.45. The van der Waals surface area contributed by atoms with Crippen LogP contribution in [0.4, 0.5) is 0 Å². The summed E-state index contributed by atoms with van der Waals surface area (Å²) in [5.41, 5.74) is 3.57. The van der Waals surface area contributed by atoms with E-state index in [0.717, 1.165) is 58.4 Å². The molecule has 1 aromatic heterocycles. The van der Waals surface area contributed by atoms with Crippen LogP contribution in [0.25, 0.3) is 0 Å². The number of rotatable bonds is 7. The van der Waals surface area contributed by atoms with E-state index in [-0.39, 0.29) is 17.9 Å². The average molecular weight is 427 g/mol. The van der Waals surface area contributed by atoms with Crippen molar-refractivity contribution >= 4 is 23.2 Å². The molecule has 0 spiro atoms. The largest absolute Gasteiger partial charge is 0.352 e. The van der Waals surface area contributed by atoms with E-state index in [1.54, 1.807) is 5.51 Å². The summed E-state index contributed by atoms with van der Waals surface area (Å²) in [6, 6.07) is 10.8. The van der Waals surface area contributed by atoms with Crippen molar-refractivity contribution in [2.24, 2.45) is 5.92 Å². The van der Waals surface area contributed by atoms with Gasteiger partial charge in [-0.3, -0.25) is 14.5 Å². The molecule has 0 saturated carbocycles. The molecule has 2 fully saturated rings. The highest BCUT2D eigenvalue weighted by Crippen LogP contribution is 2.23. The van der Waals surface area contributed by atoms with Crippen LogP contribution < -0.4 is 5.32 Å². The van der Waals surface area contributed by atoms with E-state index >= 15 is 0 Å². The Morgan fingerprint density at radius 2 is 1.90 bits per heavy atom. The van der Waals surface area contributed by atoms with Crippen molar-refractivity contribution < 1.29 is 9.59 Å². The predicted octanol–water partition coefficient (Wildman–Crippen LogP) is 3.17. The minimum Gasteiger partial charge on any atom is -0.352 e. The summed E-state index contributed by atoms with van der Waals surface area (Å²) < 4.78 is 0. The van der Waals surface area contributed by atoms with Gasteiger partial charge in [-0.15, -0.1) is 11.3 Å². The first kappa shape index (κ1) is 21.0. The lowest BCUT2D eigenvalue weighted by atomic mass is 9.92. The lowest BCUT2D eigenvalue weighted by molar-refractivity contribution is -0.122. The summed E-state index contributed by atoms with van der Waals surface area (Å²) in [5.74, 6) is 0.727. The van der Waals surface area contributed by atoms with E-state index in [2.05, 4.69) is 39.5 Å². The zero-order valence-corrected chi connectivity index (χ0v) is 18.2. The quantitative estimate of drug-likeness (QED) is 0.739. The lowest BCUT2D eigenvalue weighted by Crippen LogP contribution is -2.39. The Morgan fingerprint density at radius 3 is 2.63 bits per heavy atom. The standard InChI is InChI=1S/C23H30N4O2S/c28-22(25-20-10-11-26(15-20)14-19-4-2-1-3-5-19)7-6-18-8-12-27(13-9-18)23(29)21-16-30-17-24-21/h1-5,16-18,20H,6-15H2,(H,25,28). The molecule has 1 N–H and O–H groups in total. The molecule has 1 aromatic carbocycles. The van der Waals surface area contributed by atoms with E-state index in [1.165, 1.54) is 16.9 Å². The van der Waals surface area contributed by atoms with E-state index in [9.17, 15) is 9.59 Å². The normalized spacial score (nSPS) is 20.4. The highest BCUT2D eigenvalue weighted by molar-refractivity contribution is 7.07. The monoisotopic (exact) mass is 426 g/mol. The number of carbonyl (C=O) groups is 2. The summed E-state index contributed by atoms with van der Waals surface area (Å²) in [5, 5.41) is 5.04. The van der Waals surface area contributed by atoms with Gasteiger partial charge in [-0.25, -0.2) is 4.98 Å². The number of amides is 2. The van der Waals surface area contributed by atoms with Crippen molar-refractivity contribution in [2.75, 3.05) is 26.2 Å². The second-order valence-electron chi connectivity index (χ2n) is 8.42. The van der Waals surface area contributed by atoms with Gasteiger partial charge in [-0.1, -0.05) is 30.3 Å². The highest BCUT2D eigenvalue weighted by Gasteiger charge is 2.26. The van der Waals surface area contributed by atoms with Gasteiger partial charge in [0.05, 0.1) is 5.51 Å². The molecule has 6 nitrogen and oxygen atoms in total. The third-order valence-electron chi connectivity index (χ3n) is 6.22. The fourth-order valence-corrected chi connectivity index (χ4v) is 5.00. The number of nitrogens with zero attached hydrogens (tertiary/aromatic N) is 3. The summed E-state index contributed by atoms with van der Waals surface area (Å²) in [6.07, 6.45) is 4.45. The topological polar surface area (TPSA) is 65.5 Å². The Labute approximate surface area is 182 Å². The van der Waals surface area contributed by atoms with Crippen LogP contribution in [-0.2, 0) is 11.3 Å². The SMILES string of the molecule is O=C(CCC1CCN(C(=O)c2cscn2)CC1)NC1CCN(Cc2ccccc2)C1. The molecule has 2 aliphatic rings. The van der Waals surface area contributed by atoms with Crippen molar-refractivity contribution in [1.82, 2.24) is 20.1 Å². The van der Waals surface area contributed by atoms with Crippen molar-refractivity contribution in [1.29, 1.82) is 0 Å². The number of hydrogen-bond acceptors (Lipinski definition) is 5. The zero-order valence-electron chi connectivity index (χ0n) is 17.3. The van der Waals surface area contributed by atoms with Crippen LogP contribution in [0.3, 0.4) is 0 Å². The molecule has 1 atom stereocenters. The molecule has 0 aliphatic carbocycles. The van der Waals surface area contributed by atoms with E-state index < -0.39 is 0 Å². The lowest BCUT2D eigenvalue weighted by Gasteiger charge is -2.31. The maximum absolute atomic E-state index is 12.4. The first-order valence-corrected chi connectivity index (χ1v) is 11.8. The van der Waals surface area contributed by atoms with Gasteiger partial charge in [0.25, 0.3) is 5.91 Å². The number of piperidine rings is 1. The fraction of sp³-hybridized carbons (Fsp3) is 0.522. The Balaban J connectivity index is 1.13. The van der Waals surface area contributed by atoms with E-state index in [1.807, 2.05) is 16.3 Å². The maximum atomic E-state index is 12.4. The molecule has 30 heavy (non-hydrogen) atoms. The number of hydrogen-bond donors (Lipinski definition) is 1. The molecular formula is C23H30N4O2S. The number of benzene rings is 1. The Bertz CT molecular complexity index is 819. The third kappa shape index (κ3) is 5.67. The van der Waals surface area contributed by atoms with Gasteiger partial charge in [0.15, 0.2) is 0 Å². The van der Waals surface area contributed by atoms with Gasteiger partial charge in [-0.2, -0.15) is 0 Å². The molecule has 4 rings (SSSR count). The third-order valence-corrected chi connectivity index (χ3v) is 6.81. The van der Waals surface area contributed by atoms with E-state index in [0.29, 0.717) is 18.0 Å². The Hall–Kier alpha value is -2.25. The zero-order chi connectivity index (χ0) is 20.8. The first-order valence-electron chi connectivity index (χ1n) is 10.9. The van der Waals surface area contributed by atoms with Gasteiger partial charge in [0, 0.05) is 50.6 Å². The molecule has 3 heterocycles. The van der Waals surface area contributed by atoms with E-state index in [4.69, 9.17) is 0 Å². The number of nitrogens with one attached hydrogen (secondary N) is 1. The molecule has 2 saturated heterocycles. The van der Waals surface area contributed by atoms with Crippen LogP contribution in [0.2, 0.25) is 0 Å². The molecule has 160 valence electrons. The smallest absolute Gasteiger partial charge is 0.273 e. The highest BCUT2D eigenvalue weighted by atomic mass is 32.1. The molecule has 2 aromatic rings. The summed E-state index contributed by atoms with van der Waals surface area (Å²) in [7, 11) is 0. The summed E-state index contributed by atoms with van der Waals surface area (Å²) in [4.78, 5) is 33.2. The van der Waals surface area contributed by atoms with Crippen molar-refractivity contribution in [3.63, 3.8) is 0 Å². The number of carbonyl (C=O) groups excluding carboxylic acids is 2. The predicted molar refractivity (Wildman–Crippen MR) is 118 cm³/mol. The van der Waals surface area contributed by atoms with Gasteiger partial charge in [0.2, 0.25) is 5.91 Å². The fourth-order valence-electron chi connectivity index (χ4n) is 4.48. The Kier molecular flexibility index (Phi) is 7.12. The number of likely N-dealkylation sites (tertiary alicyclic amines) is 2. The average Bonchev–Trinajstić information content (AvgIpc) is 3.45. The van der Waals surface area contributed by atoms with Crippen molar-refractivity contribution in [3.8, 4) is 0 Å². The van der Waals surface area contributed by atoms with Crippen molar-refractivity contribution in [3.05, 3.63) is 52.5 Å². The summed E-state index contributed by atoms with van der Waals surface area (Å²) in [6.45, 7) is 4.44. The Morgan fingerprint density at radius 1 is 1.10 bits per heavy atom. The van der Waals surface area contributed by atoms with Crippen LogP contribution in [0.15, 0.2) is 41.2 Å². The number of thiazole rings is 1. The van der Waals surface area contributed by atoms with Gasteiger partial charge < -0.3 is 10.2 Å².